The fourth-order valence-corrected chi connectivity index (χ4v) is 1.88. The van der Waals surface area contributed by atoms with Crippen molar-refractivity contribution in [2.75, 3.05) is 18.4 Å². The minimum Gasteiger partial charge on any atom is -0.324 e. The molecule has 0 spiro atoms. The number of nitrogens with one attached hydrogen (secondary N) is 1. The van der Waals surface area contributed by atoms with Crippen LogP contribution < -0.4 is 11.1 Å². The number of benzene rings is 1. The molecule has 106 valence electrons. The van der Waals surface area contributed by atoms with Crippen LogP contribution >= 0.6 is 0 Å². The van der Waals surface area contributed by atoms with Crippen molar-refractivity contribution in [3.8, 4) is 0 Å². The number of anilines is 1. The Bertz CT molecular complexity index is 402. The molecule has 4 heteroatoms. The third-order valence-electron chi connectivity index (χ3n) is 3.34. The van der Waals surface area contributed by atoms with Gasteiger partial charge in [0, 0.05) is 12.2 Å². The van der Waals surface area contributed by atoms with Crippen molar-refractivity contribution in [1.29, 1.82) is 0 Å². The number of para-hydroxylation sites is 1. The first kappa shape index (κ1) is 15.7. The van der Waals surface area contributed by atoms with Crippen LogP contribution in [-0.2, 0) is 11.3 Å². The molecule has 1 atom stereocenters. The number of carbonyl (C=O) groups is 1. The number of hydrogen-bond donors (Lipinski definition) is 2. The van der Waals surface area contributed by atoms with Crippen LogP contribution in [-0.4, -0.2) is 29.9 Å². The van der Waals surface area contributed by atoms with Gasteiger partial charge in [0.05, 0.1) is 6.04 Å². The van der Waals surface area contributed by atoms with E-state index in [0.29, 0.717) is 6.42 Å². The van der Waals surface area contributed by atoms with Crippen molar-refractivity contribution in [2.45, 2.75) is 39.8 Å². The standard InChI is InChI=1S/C15H25N3O/c1-4-13(16)15(19)17-14-10-8-7-9-12(14)11-18(5-2)6-3/h7-10,13H,4-6,11,16H2,1-3H3,(H,17,19)/t13-/m1/s1. The molecule has 1 rings (SSSR count). The average molecular weight is 263 g/mol. The van der Waals surface area contributed by atoms with Gasteiger partial charge in [0.1, 0.15) is 0 Å². The van der Waals surface area contributed by atoms with Crippen LogP contribution in [0.25, 0.3) is 0 Å². The third kappa shape index (κ3) is 4.65. The van der Waals surface area contributed by atoms with E-state index in [4.69, 9.17) is 5.73 Å². The average Bonchev–Trinajstić information content (AvgIpc) is 2.45. The van der Waals surface area contributed by atoms with E-state index in [1.54, 1.807) is 0 Å². The molecule has 1 amide bonds. The molecule has 0 fully saturated rings. The van der Waals surface area contributed by atoms with Crippen molar-refractivity contribution in [1.82, 2.24) is 4.90 Å². The van der Waals surface area contributed by atoms with Gasteiger partial charge in [-0.2, -0.15) is 0 Å². The molecule has 19 heavy (non-hydrogen) atoms. The number of carbonyl (C=O) groups excluding carboxylic acids is 1. The predicted molar refractivity (Wildman–Crippen MR) is 80.0 cm³/mol. The molecule has 0 saturated carbocycles. The van der Waals surface area contributed by atoms with Crippen LogP contribution in [0.1, 0.15) is 32.8 Å². The Morgan fingerprint density at radius 3 is 2.47 bits per heavy atom. The largest absolute Gasteiger partial charge is 0.324 e. The van der Waals surface area contributed by atoms with E-state index in [0.717, 1.165) is 30.9 Å². The maximum absolute atomic E-state index is 11.9. The van der Waals surface area contributed by atoms with Gasteiger partial charge in [0.25, 0.3) is 0 Å². The van der Waals surface area contributed by atoms with E-state index in [9.17, 15) is 4.79 Å². The molecule has 0 heterocycles. The summed E-state index contributed by atoms with van der Waals surface area (Å²) in [6.07, 6.45) is 0.643. The van der Waals surface area contributed by atoms with Crippen LogP contribution in [0.15, 0.2) is 24.3 Å². The highest BCUT2D eigenvalue weighted by atomic mass is 16.2. The van der Waals surface area contributed by atoms with Crippen LogP contribution in [0.2, 0.25) is 0 Å². The normalized spacial score (nSPS) is 12.5. The van der Waals surface area contributed by atoms with Gasteiger partial charge in [0.2, 0.25) is 5.91 Å². The van der Waals surface area contributed by atoms with E-state index in [2.05, 4.69) is 24.1 Å². The third-order valence-corrected chi connectivity index (χ3v) is 3.34. The minimum absolute atomic E-state index is 0.116. The van der Waals surface area contributed by atoms with Gasteiger partial charge in [0.15, 0.2) is 0 Å². The minimum atomic E-state index is -0.443. The Hall–Kier alpha value is -1.39. The van der Waals surface area contributed by atoms with Gasteiger partial charge in [-0.25, -0.2) is 0 Å². The van der Waals surface area contributed by atoms with Gasteiger partial charge in [-0.1, -0.05) is 39.0 Å². The maximum Gasteiger partial charge on any atom is 0.241 e. The SMILES string of the molecule is CC[C@@H](N)C(=O)Nc1ccccc1CN(CC)CC. The molecule has 0 aliphatic rings. The second-order valence-electron chi connectivity index (χ2n) is 4.62. The molecular weight excluding hydrogens is 238 g/mol. The highest BCUT2D eigenvalue weighted by Crippen LogP contribution is 2.17. The lowest BCUT2D eigenvalue weighted by Gasteiger charge is -2.20. The summed E-state index contributed by atoms with van der Waals surface area (Å²) < 4.78 is 0. The van der Waals surface area contributed by atoms with Gasteiger partial charge in [-0.3, -0.25) is 9.69 Å². The summed E-state index contributed by atoms with van der Waals surface area (Å²) in [4.78, 5) is 14.2. The zero-order valence-corrected chi connectivity index (χ0v) is 12.1. The van der Waals surface area contributed by atoms with Gasteiger partial charge in [-0.05, 0) is 31.1 Å². The van der Waals surface area contributed by atoms with Crippen molar-refractivity contribution in [3.63, 3.8) is 0 Å². The molecule has 0 aliphatic heterocycles. The van der Waals surface area contributed by atoms with E-state index < -0.39 is 6.04 Å². The first-order valence-corrected chi connectivity index (χ1v) is 6.99. The molecule has 0 radical (unpaired) electrons. The smallest absolute Gasteiger partial charge is 0.241 e. The molecular formula is C15H25N3O. The molecule has 1 aromatic rings. The monoisotopic (exact) mass is 263 g/mol. The van der Waals surface area contributed by atoms with E-state index in [1.807, 2.05) is 31.2 Å². The lowest BCUT2D eigenvalue weighted by atomic mass is 10.1. The van der Waals surface area contributed by atoms with Crippen LogP contribution in [0, 0.1) is 0 Å². The summed E-state index contributed by atoms with van der Waals surface area (Å²) in [5.41, 5.74) is 7.74. The van der Waals surface area contributed by atoms with Gasteiger partial charge < -0.3 is 11.1 Å². The summed E-state index contributed by atoms with van der Waals surface area (Å²) in [6.45, 7) is 9.01. The number of amides is 1. The van der Waals surface area contributed by atoms with Crippen molar-refractivity contribution in [3.05, 3.63) is 29.8 Å². The zero-order valence-electron chi connectivity index (χ0n) is 12.1. The molecule has 3 N–H and O–H groups in total. The van der Waals surface area contributed by atoms with Gasteiger partial charge in [-0.15, -0.1) is 0 Å². The predicted octanol–water partition coefficient (Wildman–Crippen LogP) is 2.20. The Morgan fingerprint density at radius 2 is 1.89 bits per heavy atom. The van der Waals surface area contributed by atoms with Crippen LogP contribution in [0.3, 0.4) is 0 Å². The van der Waals surface area contributed by atoms with E-state index in [1.165, 1.54) is 0 Å². The first-order chi connectivity index (χ1) is 9.12. The quantitative estimate of drug-likeness (QED) is 0.793. The molecule has 0 unspecified atom stereocenters. The Kier molecular flexibility index (Phi) is 6.53. The molecule has 0 aromatic heterocycles. The highest BCUT2D eigenvalue weighted by Gasteiger charge is 2.13. The summed E-state index contributed by atoms with van der Waals surface area (Å²) in [5.74, 6) is -0.116. The van der Waals surface area contributed by atoms with E-state index >= 15 is 0 Å². The number of nitrogens with two attached hydrogens (primary N) is 1. The first-order valence-electron chi connectivity index (χ1n) is 6.99. The van der Waals surface area contributed by atoms with Crippen LogP contribution in [0.4, 0.5) is 5.69 Å². The lowest BCUT2D eigenvalue weighted by molar-refractivity contribution is -0.117. The Morgan fingerprint density at radius 1 is 1.26 bits per heavy atom. The fourth-order valence-electron chi connectivity index (χ4n) is 1.88. The maximum atomic E-state index is 11.9. The number of hydrogen-bond acceptors (Lipinski definition) is 3. The van der Waals surface area contributed by atoms with Crippen molar-refractivity contribution in [2.24, 2.45) is 5.73 Å². The summed E-state index contributed by atoms with van der Waals surface area (Å²) >= 11 is 0. The second-order valence-corrected chi connectivity index (χ2v) is 4.62. The lowest BCUT2D eigenvalue weighted by Crippen LogP contribution is -2.35. The second kappa shape index (κ2) is 7.92. The summed E-state index contributed by atoms with van der Waals surface area (Å²) in [7, 11) is 0. The summed E-state index contributed by atoms with van der Waals surface area (Å²) in [6, 6.07) is 7.46. The van der Waals surface area contributed by atoms with E-state index in [-0.39, 0.29) is 5.91 Å². The molecule has 4 nitrogen and oxygen atoms in total. The van der Waals surface area contributed by atoms with Crippen LogP contribution in [0.5, 0.6) is 0 Å². The Balaban J connectivity index is 2.81. The zero-order chi connectivity index (χ0) is 14.3. The molecule has 0 aliphatic carbocycles. The topological polar surface area (TPSA) is 58.4 Å². The molecule has 0 bridgehead atoms. The summed E-state index contributed by atoms with van der Waals surface area (Å²) in [5, 5.41) is 2.92. The Labute approximate surface area is 116 Å². The van der Waals surface area contributed by atoms with Crippen molar-refractivity contribution >= 4 is 11.6 Å². The fraction of sp³-hybridized carbons (Fsp3) is 0.533. The highest BCUT2D eigenvalue weighted by molar-refractivity contribution is 5.95. The molecule has 0 saturated heterocycles. The number of rotatable bonds is 7. The number of nitrogens with zero attached hydrogens (tertiary/aromatic N) is 1. The van der Waals surface area contributed by atoms with Gasteiger partial charge >= 0.3 is 0 Å². The van der Waals surface area contributed by atoms with Crippen molar-refractivity contribution < 1.29 is 4.79 Å². The molecule has 1 aromatic carbocycles.